The molecule has 0 bridgehead atoms. The monoisotopic (exact) mass is 650 g/mol. The predicted molar refractivity (Wildman–Crippen MR) is 141 cm³/mol. The number of aromatic nitrogens is 1. The van der Waals surface area contributed by atoms with Gasteiger partial charge in [0.1, 0.15) is 4.75 Å². The lowest BCUT2D eigenvalue weighted by Crippen LogP contribution is -2.54. The Balaban J connectivity index is 1.62. The number of fused-ring (bicyclic) bond motifs is 3. The van der Waals surface area contributed by atoms with Crippen molar-refractivity contribution >= 4 is 21.7 Å². The molecule has 2 aromatic rings. The van der Waals surface area contributed by atoms with Gasteiger partial charge in [-0.2, -0.15) is 26.3 Å². The largest absolute Gasteiger partial charge is 0.481 e. The zero-order valence-electron chi connectivity index (χ0n) is 23.3. The minimum Gasteiger partial charge on any atom is -0.481 e. The van der Waals surface area contributed by atoms with E-state index in [-0.39, 0.29) is 73.4 Å². The van der Waals surface area contributed by atoms with E-state index in [0.717, 1.165) is 6.07 Å². The maximum absolute atomic E-state index is 14.9. The van der Waals surface area contributed by atoms with Gasteiger partial charge < -0.3 is 10.0 Å². The molecule has 1 aliphatic heterocycles. The van der Waals surface area contributed by atoms with Gasteiger partial charge in [0.25, 0.3) is 0 Å². The third kappa shape index (κ3) is 4.67. The number of sulfone groups is 1. The van der Waals surface area contributed by atoms with Crippen molar-refractivity contribution in [3.63, 3.8) is 0 Å². The normalized spacial score (nSPS) is 27.9. The van der Waals surface area contributed by atoms with Gasteiger partial charge in [0.05, 0.1) is 22.5 Å². The molecule has 3 aliphatic rings. The van der Waals surface area contributed by atoms with Gasteiger partial charge in [0, 0.05) is 18.2 Å². The zero-order valence-corrected chi connectivity index (χ0v) is 24.1. The summed E-state index contributed by atoms with van der Waals surface area (Å²) in [5, 5.41) is 9.41. The molecule has 2 heterocycles. The number of hydrogen-bond donors (Lipinski definition) is 1. The Bertz CT molecular complexity index is 1550. The van der Waals surface area contributed by atoms with Crippen molar-refractivity contribution in [1.82, 2.24) is 9.88 Å². The molecule has 44 heavy (non-hydrogen) atoms. The van der Waals surface area contributed by atoms with E-state index < -0.39 is 67.8 Å². The second-order valence-corrected chi connectivity index (χ2v) is 14.0. The number of benzene rings is 1. The number of carbonyl (C=O) groups excluding carboxylic acids is 1. The Hall–Kier alpha value is -3.23. The Morgan fingerprint density at radius 2 is 1.59 bits per heavy atom. The van der Waals surface area contributed by atoms with E-state index >= 15 is 0 Å². The van der Waals surface area contributed by atoms with Gasteiger partial charge in [0.2, 0.25) is 5.91 Å². The smallest absolute Gasteiger partial charge is 0.437 e. The molecule has 2 unspecified atom stereocenters. The number of alkyl halides is 7. The number of likely N-dealkylation sites (tertiary alicyclic amines) is 1. The van der Waals surface area contributed by atoms with Gasteiger partial charge >= 0.3 is 24.0 Å². The zero-order chi connectivity index (χ0) is 32.5. The number of hydrogen-bond acceptors (Lipinski definition) is 5. The third-order valence-corrected chi connectivity index (χ3v) is 12.1. The van der Waals surface area contributed by atoms with Gasteiger partial charge in [-0.1, -0.05) is 31.2 Å². The molecular weight excluding hydrogens is 621 g/mol. The average Bonchev–Trinajstić information content (AvgIpc) is 3.37. The van der Waals surface area contributed by atoms with Gasteiger partial charge in [-0.15, -0.1) is 0 Å². The van der Waals surface area contributed by atoms with Crippen molar-refractivity contribution < 1.29 is 53.8 Å². The van der Waals surface area contributed by atoms with Gasteiger partial charge in [-0.05, 0) is 68.2 Å². The van der Waals surface area contributed by atoms with Crippen molar-refractivity contribution in [3.8, 4) is 0 Å². The molecule has 5 atom stereocenters. The molecular formula is C29H29F7N2O5S. The van der Waals surface area contributed by atoms with Crippen LogP contribution in [0.2, 0.25) is 0 Å². The second kappa shape index (κ2) is 10.7. The average molecular weight is 651 g/mol. The lowest BCUT2D eigenvalue weighted by atomic mass is 9.74. The summed E-state index contributed by atoms with van der Waals surface area (Å²) in [7, 11) is -4.46. The summed E-state index contributed by atoms with van der Waals surface area (Å²) in [6.07, 6.45) is -12.7. The highest BCUT2D eigenvalue weighted by atomic mass is 32.2. The second-order valence-electron chi connectivity index (χ2n) is 11.8. The van der Waals surface area contributed by atoms with Crippen molar-refractivity contribution in [1.29, 1.82) is 0 Å². The van der Waals surface area contributed by atoms with E-state index in [1.54, 1.807) is 13.0 Å². The number of aryl methyl sites for hydroxylation is 1. The Morgan fingerprint density at radius 1 is 0.955 bits per heavy atom. The standard InChI is InChI=1S/C29H29F7N2O5S/c1-16-15-17(25(40)41)7-8-19(16)24(39)38-14-13-26(44(42,43)18-5-3-2-4-6-18)20-9-11-22(37-21(20)10-12-23(26)38)27(30,28(31,32)33)29(34,35)36/h2-6,9,11,16-17,19,23H,7-8,10,12-15H2,1H3,(H,40,41)/t16-,17+,19+,23?,26?/m0/s1. The Labute approximate surface area is 248 Å². The van der Waals surface area contributed by atoms with Crippen LogP contribution < -0.4 is 0 Å². The molecule has 5 rings (SSSR count). The first-order valence-corrected chi connectivity index (χ1v) is 15.5. The van der Waals surface area contributed by atoms with E-state index in [2.05, 4.69) is 4.98 Å². The summed E-state index contributed by atoms with van der Waals surface area (Å²) < 4.78 is 123. The molecule has 1 saturated carbocycles. The van der Waals surface area contributed by atoms with Crippen LogP contribution >= 0.6 is 0 Å². The lowest BCUT2D eigenvalue weighted by Gasteiger charge is -2.44. The quantitative estimate of drug-likeness (QED) is 0.415. The predicted octanol–water partition coefficient (Wildman–Crippen LogP) is 5.72. The Morgan fingerprint density at radius 3 is 2.16 bits per heavy atom. The summed E-state index contributed by atoms with van der Waals surface area (Å²) in [5.41, 5.74) is -8.33. The topological polar surface area (TPSA) is 105 Å². The molecule has 2 fully saturated rings. The number of pyridine rings is 1. The van der Waals surface area contributed by atoms with E-state index in [1.165, 1.54) is 29.2 Å². The molecule has 1 aromatic heterocycles. The van der Waals surface area contributed by atoms with Crippen LogP contribution in [0.25, 0.3) is 0 Å². The van der Waals surface area contributed by atoms with E-state index in [4.69, 9.17) is 0 Å². The van der Waals surface area contributed by atoms with Gasteiger partial charge in [-0.3, -0.25) is 14.6 Å². The summed E-state index contributed by atoms with van der Waals surface area (Å²) >= 11 is 0. The summed E-state index contributed by atoms with van der Waals surface area (Å²) in [6.45, 7) is 1.66. The number of carboxylic acid groups (broad SMARTS) is 1. The first kappa shape index (κ1) is 32.2. The minimum atomic E-state index is -6.40. The van der Waals surface area contributed by atoms with Crippen LogP contribution in [0.1, 0.15) is 56.0 Å². The molecule has 15 heteroatoms. The molecule has 7 nitrogen and oxygen atoms in total. The summed E-state index contributed by atoms with van der Waals surface area (Å²) in [5.74, 6) is -2.92. The number of aliphatic carboxylic acids is 1. The van der Waals surface area contributed by atoms with Crippen LogP contribution in [0.5, 0.6) is 0 Å². The van der Waals surface area contributed by atoms with E-state index in [0.29, 0.717) is 0 Å². The fourth-order valence-corrected chi connectivity index (χ4v) is 9.66. The van der Waals surface area contributed by atoms with Crippen molar-refractivity contribution in [2.24, 2.45) is 17.8 Å². The third-order valence-electron chi connectivity index (χ3n) is 9.51. The first-order chi connectivity index (χ1) is 20.4. The number of amides is 1. The highest BCUT2D eigenvalue weighted by molar-refractivity contribution is 7.92. The van der Waals surface area contributed by atoms with Crippen LogP contribution in [0.3, 0.4) is 0 Å². The van der Waals surface area contributed by atoms with Crippen LogP contribution in [-0.2, 0) is 36.3 Å². The fourth-order valence-electron chi connectivity index (χ4n) is 7.29. The van der Waals surface area contributed by atoms with Crippen molar-refractivity contribution in [2.75, 3.05) is 6.54 Å². The molecule has 1 aromatic carbocycles. The molecule has 1 amide bonds. The highest BCUT2D eigenvalue weighted by Crippen LogP contribution is 2.56. The van der Waals surface area contributed by atoms with Gasteiger partial charge in [0.15, 0.2) is 9.84 Å². The van der Waals surface area contributed by atoms with Crippen molar-refractivity contribution in [2.45, 2.75) is 79.2 Å². The van der Waals surface area contributed by atoms with Crippen LogP contribution in [0, 0.1) is 17.8 Å². The first-order valence-electron chi connectivity index (χ1n) is 14.0. The van der Waals surface area contributed by atoms with E-state index in [1.807, 2.05) is 0 Å². The fraction of sp³-hybridized carbons (Fsp3) is 0.552. The molecule has 2 aliphatic carbocycles. The number of nitrogens with zero attached hydrogens (tertiary/aromatic N) is 2. The minimum absolute atomic E-state index is 0.0829. The van der Waals surface area contributed by atoms with Gasteiger partial charge in [-0.25, -0.2) is 12.8 Å². The number of carboxylic acids is 1. The number of rotatable bonds is 5. The van der Waals surface area contributed by atoms with Crippen LogP contribution in [0.4, 0.5) is 30.7 Å². The lowest BCUT2D eigenvalue weighted by molar-refractivity contribution is -0.350. The molecule has 1 saturated heterocycles. The number of halogens is 7. The van der Waals surface area contributed by atoms with Crippen LogP contribution in [0.15, 0.2) is 47.4 Å². The molecule has 240 valence electrons. The maximum atomic E-state index is 14.9. The maximum Gasteiger partial charge on any atom is 0.437 e. The summed E-state index contributed by atoms with van der Waals surface area (Å²) in [4.78, 5) is 30.2. The van der Waals surface area contributed by atoms with Crippen LogP contribution in [-0.4, -0.2) is 60.2 Å². The van der Waals surface area contributed by atoms with Crippen molar-refractivity contribution in [3.05, 3.63) is 59.4 Å². The summed E-state index contributed by atoms with van der Waals surface area (Å²) in [6, 6.07) is 7.01. The SMILES string of the molecule is C[C@H]1C[C@H](C(=O)O)CC[C@H]1C(=O)N1CCC2(S(=O)(=O)c3ccccc3)c3ccc(C(F)(C(F)(F)F)C(F)(F)F)nc3CCC12. The van der Waals surface area contributed by atoms with E-state index in [9.17, 15) is 53.8 Å². The highest BCUT2D eigenvalue weighted by Gasteiger charge is 2.75. The molecule has 0 radical (unpaired) electrons. The Kier molecular flexibility index (Phi) is 7.82. The molecule has 1 N–H and O–H groups in total. The molecule has 0 spiro atoms. The number of carbonyl (C=O) groups is 2.